The van der Waals surface area contributed by atoms with Crippen molar-refractivity contribution < 1.29 is 9.21 Å². The summed E-state index contributed by atoms with van der Waals surface area (Å²) in [5, 5.41) is 2.99. The van der Waals surface area contributed by atoms with Gasteiger partial charge in [-0.25, -0.2) is 9.97 Å². The summed E-state index contributed by atoms with van der Waals surface area (Å²) in [5.74, 6) is 0.360. The van der Waals surface area contributed by atoms with E-state index in [4.69, 9.17) is 16.0 Å². The molecule has 17 heavy (non-hydrogen) atoms. The molecule has 5 nitrogen and oxygen atoms in total. The Hall–Kier alpha value is -1.88. The zero-order chi connectivity index (χ0) is 12.3. The van der Waals surface area contributed by atoms with Gasteiger partial charge >= 0.3 is 0 Å². The van der Waals surface area contributed by atoms with Gasteiger partial charge in [0.25, 0.3) is 5.91 Å². The Bertz CT molecular complexity index is 496. The summed E-state index contributed by atoms with van der Waals surface area (Å²) in [7, 11) is 0. The van der Waals surface area contributed by atoms with E-state index in [1.807, 2.05) is 6.92 Å². The van der Waals surface area contributed by atoms with Gasteiger partial charge in [-0.15, -0.1) is 0 Å². The third-order valence-corrected chi connectivity index (χ3v) is 2.37. The Labute approximate surface area is 103 Å². The van der Waals surface area contributed by atoms with Gasteiger partial charge in [-0.2, -0.15) is 0 Å². The second kappa shape index (κ2) is 4.97. The number of aromatic nitrogens is 2. The fourth-order valence-corrected chi connectivity index (χ4v) is 1.41. The van der Waals surface area contributed by atoms with Crippen LogP contribution < -0.4 is 5.32 Å². The molecule has 0 radical (unpaired) electrons. The summed E-state index contributed by atoms with van der Waals surface area (Å²) < 4.78 is 5.18. The predicted octanol–water partition coefficient (Wildman–Crippen LogP) is 2.21. The zero-order valence-electron chi connectivity index (χ0n) is 9.05. The van der Waals surface area contributed by atoms with Gasteiger partial charge in [0.05, 0.1) is 24.7 Å². The van der Waals surface area contributed by atoms with Crippen molar-refractivity contribution in [2.75, 3.05) is 0 Å². The first-order chi connectivity index (χ1) is 8.16. The molecule has 1 unspecified atom stereocenters. The Kier molecular flexibility index (Phi) is 3.39. The highest BCUT2D eigenvalue weighted by Crippen LogP contribution is 2.12. The molecule has 2 aromatic rings. The molecular formula is C11H10ClN3O2. The zero-order valence-corrected chi connectivity index (χ0v) is 9.81. The van der Waals surface area contributed by atoms with Crippen LogP contribution in [0.2, 0.25) is 5.15 Å². The molecule has 2 rings (SSSR count). The van der Waals surface area contributed by atoms with Gasteiger partial charge in [-0.05, 0) is 19.1 Å². The summed E-state index contributed by atoms with van der Waals surface area (Å²) in [6.45, 7) is 1.82. The number of rotatable bonds is 3. The van der Waals surface area contributed by atoms with E-state index < -0.39 is 0 Å². The molecule has 1 N–H and O–H groups in total. The van der Waals surface area contributed by atoms with Crippen LogP contribution in [0.5, 0.6) is 0 Å². The minimum Gasteiger partial charge on any atom is -0.467 e. The van der Waals surface area contributed by atoms with Crippen molar-refractivity contribution in [2.45, 2.75) is 13.0 Å². The van der Waals surface area contributed by atoms with E-state index in [2.05, 4.69) is 15.3 Å². The number of furan rings is 1. The minimum atomic E-state index is -0.321. The van der Waals surface area contributed by atoms with E-state index in [9.17, 15) is 4.79 Å². The molecular weight excluding hydrogens is 242 g/mol. The van der Waals surface area contributed by atoms with Gasteiger partial charge in [0, 0.05) is 0 Å². The third-order valence-electron chi connectivity index (χ3n) is 2.17. The van der Waals surface area contributed by atoms with E-state index in [0.29, 0.717) is 5.76 Å². The van der Waals surface area contributed by atoms with Crippen LogP contribution in [0.15, 0.2) is 35.2 Å². The Morgan fingerprint density at radius 2 is 2.29 bits per heavy atom. The van der Waals surface area contributed by atoms with Crippen molar-refractivity contribution >= 4 is 17.5 Å². The molecule has 0 fully saturated rings. The number of hydrogen-bond acceptors (Lipinski definition) is 4. The third kappa shape index (κ3) is 2.82. The number of nitrogens with zero attached hydrogens (tertiary/aromatic N) is 2. The minimum absolute atomic E-state index is 0.216. The van der Waals surface area contributed by atoms with Crippen molar-refractivity contribution in [1.82, 2.24) is 15.3 Å². The van der Waals surface area contributed by atoms with Crippen LogP contribution in [0, 0.1) is 0 Å². The van der Waals surface area contributed by atoms with Gasteiger partial charge in [0.1, 0.15) is 16.6 Å². The molecule has 6 heteroatoms. The fraction of sp³-hybridized carbons (Fsp3) is 0.182. The molecule has 1 atom stereocenters. The first-order valence-electron chi connectivity index (χ1n) is 4.98. The van der Waals surface area contributed by atoms with Crippen LogP contribution >= 0.6 is 11.6 Å². The fourth-order valence-electron chi connectivity index (χ4n) is 1.31. The normalized spacial score (nSPS) is 12.1. The molecule has 0 saturated heterocycles. The predicted molar refractivity (Wildman–Crippen MR) is 61.6 cm³/mol. The lowest BCUT2D eigenvalue weighted by molar-refractivity contribution is 0.0930. The van der Waals surface area contributed by atoms with Crippen LogP contribution in [0.25, 0.3) is 0 Å². The second-order valence-electron chi connectivity index (χ2n) is 3.43. The molecule has 0 saturated carbocycles. The van der Waals surface area contributed by atoms with Crippen LogP contribution in [-0.2, 0) is 0 Å². The highest BCUT2D eigenvalue weighted by molar-refractivity contribution is 6.29. The number of hydrogen-bond donors (Lipinski definition) is 1. The smallest absolute Gasteiger partial charge is 0.272 e. The van der Waals surface area contributed by atoms with Crippen molar-refractivity contribution in [3.05, 3.63) is 47.4 Å². The van der Waals surface area contributed by atoms with Crippen LogP contribution in [-0.4, -0.2) is 15.9 Å². The average molecular weight is 252 g/mol. The van der Waals surface area contributed by atoms with E-state index in [1.165, 1.54) is 12.4 Å². The van der Waals surface area contributed by atoms with Crippen molar-refractivity contribution in [3.8, 4) is 0 Å². The number of halogens is 1. The number of carbonyl (C=O) groups excluding carboxylic acids is 1. The highest BCUT2D eigenvalue weighted by atomic mass is 35.5. The SMILES string of the molecule is CC(NC(=O)c1cnc(Cl)cn1)c1ccco1. The lowest BCUT2D eigenvalue weighted by atomic mass is 10.2. The average Bonchev–Trinajstić information content (AvgIpc) is 2.83. The maximum atomic E-state index is 11.8. The van der Waals surface area contributed by atoms with Crippen LogP contribution in [0.4, 0.5) is 0 Å². The summed E-state index contributed by atoms with van der Waals surface area (Å²) in [5.41, 5.74) is 0.216. The van der Waals surface area contributed by atoms with Gasteiger partial charge in [-0.3, -0.25) is 4.79 Å². The van der Waals surface area contributed by atoms with Gasteiger partial charge in [0.2, 0.25) is 0 Å². The molecule has 0 spiro atoms. The first-order valence-corrected chi connectivity index (χ1v) is 5.36. The Morgan fingerprint density at radius 1 is 1.47 bits per heavy atom. The molecule has 2 aromatic heterocycles. The molecule has 1 amide bonds. The van der Waals surface area contributed by atoms with E-state index >= 15 is 0 Å². The second-order valence-corrected chi connectivity index (χ2v) is 3.82. The molecule has 88 valence electrons. The molecule has 0 aliphatic rings. The quantitative estimate of drug-likeness (QED) is 0.908. The standard InChI is InChI=1S/C11H10ClN3O2/c1-7(9-3-2-4-17-9)15-11(16)8-5-14-10(12)6-13-8/h2-7H,1H3,(H,15,16). The van der Waals surface area contributed by atoms with Crippen LogP contribution in [0.1, 0.15) is 29.2 Å². The van der Waals surface area contributed by atoms with Gasteiger partial charge < -0.3 is 9.73 Å². The summed E-state index contributed by atoms with van der Waals surface area (Å²) in [6.07, 6.45) is 4.21. The number of amides is 1. The highest BCUT2D eigenvalue weighted by Gasteiger charge is 2.14. The van der Waals surface area contributed by atoms with E-state index in [0.717, 1.165) is 0 Å². The largest absolute Gasteiger partial charge is 0.467 e. The molecule has 2 heterocycles. The van der Waals surface area contributed by atoms with Gasteiger partial charge in [0.15, 0.2) is 0 Å². The van der Waals surface area contributed by atoms with Crippen LogP contribution in [0.3, 0.4) is 0 Å². The van der Waals surface area contributed by atoms with Crippen molar-refractivity contribution in [3.63, 3.8) is 0 Å². The summed E-state index contributed by atoms with van der Waals surface area (Å²) in [6, 6.07) is 3.33. The lowest BCUT2D eigenvalue weighted by Crippen LogP contribution is -2.27. The number of nitrogens with one attached hydrogen (secondary N) is 1. The topological polar surface area (TPSA) is 68.0 Å². The molecule has 0 aliphatic heterocycles. The number of carbonyl (C=O) groups is 1. The maximum Gasteiger partial charge on any atom is 0.272 e. The van der Waals surface area contributed by atoms with E-state index in [-0.39, 0.29) is 22.8 Å². The summed E-state index contributed by atoms with van der Waals surface area (Å²) >= 11 is 5.58. The van der Waals surface area contributed by atoms with E-state index in [1.54, 1.807) is 18.4 Å². The Morgan fingerprint density at radius 3 is 2.88 bits per heavy atom. The molecule has 0 bridgehead atoms. The molecule has 0 aliphatic carbocycles. The maximum absolute atomic E-state index is 11.8. The molecule has 0 aromatic carbocycles. The lowest BCUT2D eigenvalue weighted by Gasteiger charge is -2.10. The van der Waals surface area contributed by atoms with Crippen molar-refractivity contribution in [1.29, 1.82) is 0 Å². The Balaban J connectivity index is 2.04. The first kappa shape index (κ1) is 11.6. The van der Waals surface area contributed by atoms with Gasteiger partial charge in [-0.1, -0.05) is 11.6 Å². The summed E-state index contributed by atoms with van der Waals surface area (Å²) in [4.78, 5) is 19.4. The van der Waals surface area contributed by atoms with Crippen molar-refractivity contribution in [2.24, 2.45) is 0 Å². The monoisotopic (exact) mass is 251 g/mol.